The number of amides is 1. The molecule has 0 unspecified atom stereocenters. The second-order valence-electron chi connectivity index (χ2n) is 5.85. The van der Waals surface area contributed by atoms with E-state index >= 15 is 0 Å². The summed E-state index contributed by atoms with van der Waals surface area (Å²) in [5.74, 6) is -0.140. The summed E-state index contributed by atoms with van der Waals surface area (Å²) in [5.41, 5.74) is -0.421. The van der Waals surface area contributed by atoms with Gasteiger partial charge in [-0.2, -0.15) is 4.31 Å². The Morgan fingerprint density at radius 2 is 1.95 bits per heavy atom. The van der Waals surface area contributed by atoms with Crippen LogP contribution in [-0.4, -0.2) is 44.9 Å². The smallest absolute Gasteiger partial charge is 0.247 e. The van der Waals surface area contributed by atoms with Gasteiger partial charge in [-0.25, -0.2) is 8.42 Å². The van der Waals surface area contributed by atoms with Crippen molar-refractivity contribution in [2.24, 2.45) is 0 Å². The summed E-state index contributed by atoms with van der Waals surface area (Å²) in [6.45, 7) is 5.22. The Morgan fingerprint density at radius 1 is 1.36 bits per heavy atom. The quantitative estimate of drug-likeness (QED) is 0.830. The normalized spacial score (nSPS) is 12.3. The minimum Gasteiger partial charge on any atom is -0.495 e. The minimum atomic E-state index is -3.84. The van der Waals surface area contributed by atoms with Gasteiger partial charge in [0.05, 0.1) is 13.7 Å². The van der Waals surface area contributed by atoms with E-state index in [1.54, 1.807) is 12.1 Å². The van der Waals surface area contributed by atoms with Crippen LogP contribution in [0.5, 0.6) is 5.75 Å². The number of hydrogen-bond acceptors (Lipinski definition) is 4. The Balaban J connectivity index is 3.04. The van der Waals surface area contributed by atoms with Gasteiger partial charge in [-0.1, -0.05) is 15.9 Å². The third-order valence-electron chi connectivity index (χ3n) is 2.69. The Hall–Kier alpha value is -1.12. The predicted molar refractivity (Wildman–Crippen MR) is 88.4 cm³/mol. The Bertz CT molecular complexity index is 653. The lowest BCUT2D eigenvalue weighted by Gasteiger charge is -2.23. The number of ether oxygens (including phenoxy) is 1. The van der Waals surface area contributed by atoms with Gasteiger partial charge in [-0.05, 0) is 39.0 Å². The maximum atomic E-state index is 12.6. The fourth-order valence-corrected chi connectivity index (χ4v) is 3.58. The van der Waals surface area contributed by atoms with Gasteiger partial charge >= 0.3 is 0 Å². The van der Waals surface area contributed by atoms with Gasteiger partial charge in [0.25, 0.3) is 0 Å². The van der Waals surface area contributed by atoms with Gasteiger partial charge in [-0.3, -0.25) is 4.79 Å². The molecule has 0 atom stereocenters. The molecular weight excluding hydrogens is 372 g/mol. The van der Waals surface area contributed by atoms with Gasteiger partial charge in [-0.15, -0.1) is 0 Å². The number of halogens is 1. The van der Waals surface area contributed by atoms with Crippen molar-refractivity contribution in [2.75, 3.05) is 20.7 Å². The number of likely N-dealkylation sites (N-methyl/N-ethyl adjacent to an activating group) is 1. The molecule has 1 aromatic carbocycles. The van der Waals surface area contributed by atoms with Crippen LogP contribution in [0.4, 0.5) is 0 Å². The van der Waals surface area contributed by atoms with Gasteiger partial charge in [0.1, 0.15) is 10.6 Å². The zero-order chi connectivity index (χ0) is 17.1. The van der Waals surface area contributed by atoms with Crippen LogP contribution >= 0.6 is 15.9 Å². The van der Waals surface area contributed by atoms with Crippen molar-refractivity contribution in [2.45, 2.75) is 31.2 Å². The van der Waals surface area contributed by atoms with E-state index in [0.717, 1.165) is 4.31 Å². The van der Waals surface area contributed by atoms with E-state index in [9.17, 15) is 13.2 Å². The van der Waals surface area contributed by atoms with Gasteiger partial charge < -0.3 is 10.1 Å². The van der Waals surface area contributed by atoms with Crippen molar-refractivity contribution in [3.63, 3.8) is 0 Å². The highest BCUT2D eigenvalue weighted by molar-refractivity contribution is 9.10. The lowest BCUT2D eigenvalue weighted by Crippen LogP contribution is -2.46. The second-order valence-corrected chi connectivity index (χ2v) is 8.78. The van der Waals surface area contributed by atoms with Crippen LogP contribution in [0.3, 0.4) is 0 Å². The molecule has 0 aromatic heterocycles. The van der Waals surface area contributed by atoms with Crippen molar-refractivity contribution in [1.29, 1.82) is 0 Å². The summed E-state index contributed by atoms with van der Waals surface area (Å²) in [4.78, 5) is 11.9. The van der Waals surface area contributed by atoms with Gasteiger partial charge in [0, 0.05) is 17.1 Å². The van der Waals surface area contributed by atoms with E-state index in [0.29, 0.717) is 4.47 Å². The van der Waals surface area contributed by atoms with Crippen LogP contribution in [0, 0.1) is 0 Å². The largest absolute Gasteiger partial charge is 0.495 e. The fourth-order valence-electron chi connectivity index (χ4n) is 1.77. The van der Waals surface area contributed by atoms with Crippen molar-refractivity contribution in [1.82, 2.24) is 9.62 Å². The molecule has 1 amide bonds. The maximum absolute atomic E-state index is 12.6. The SMILES string of the molecule is COc1ccc(Br)cc1S(=O)(=O)N(C)CC(=O)NC(C)(C)C. The van der Waals surface area contributed by atoms with Crippen molar-refractivity contribution in [3.05, 3.63) is 22.7 Å². The van der Waals surface area contributed by atoms with E-state index in [1.165, 1.54) is 20.2 Å². The molecule has 8 heteroatoms. The second kappa shape index (κ2) is 6.97. The van der Waals surface area contributed by atoms with E-state index in [1.807, 2.05) is 20.8 Å². The highest BCUT2D eigenvalue weighted by Crippen LogP contribution is 2.29. The van der Waals surface area contributed by atoms with E-state index in [-0.39, 0.29) is 23.1 Å². The number of benzene rings is 1. The third kappa shape index (κ3) is 4.96. The number of carbonyl (C=O) groups excluding carboxylic acids is 1. The Kier molecular flexibility index (Phi) is 6.00. The Labute approximate surface area is 140 Å². The summed E-state index contributed by atoms with van der Waals surface area (Å²) in [5, 5.41) is 2.73. The number of sulfonamides is 1. The fraction of sp³-hybridized carbons (Fsp3) is 0.500. The average molecular weight is 393 g/mol. The van der Waals surface area contributed by atoms with Crippen molar-refractivity contribution >= 4 is 31.9 Å². The first-order chi connectivity index (χ1) is 9.97. The minimum absolute atomic E-state index is 0.00966. The number of carbonyl (C=O) groups is 1. The summed E-state index contributed by atoms with van der Waals surface area (Å²) >= 11 is 3.24. The van der Waals surface area contributed by atoms with Gasteiger partial charge in [0.2, 0.25) is 15.9 Å². The van der Waals surface area contributed by atoms with E-state index in [2.05, 4.69) is 21.2 Å². The van der Waals surface area contributed by atoms with Crippen LogP contribution in [0.2, 0.25) is 0 Å². The zero-order valence-electron chi connectivity index (χ0n) is 13.3. The molecule has 0 aliphatic carbocycles. The first-order valence-electron chi connectivity index (χ1n) is 6.58. The summed E-state index contributed by atoms with van der Waals surface area (Å²) in [6, 6.07) is 4.69. The van der Waals surface area contributed by atoms with Crippen LogP contribution in [0.25, 0.3) is 0 Å². The molecule has 22 heavy (non-hydrogen) atoms. The lowest BCUT2D eigenvalue weighted by molar-refractivity contribution is -0.122. The molecule has 6 nitrogen and oxygen atoms in total. The average Bonchev–Trinajstić information content (AvgIpc) is 2.36. The van der Waals surface area contributed by atoms with Gasteiger partial charge in [0.15, 0.2) is 0 Å². The molecule has 0 bridgehead atoms. The maximum Gasteiger partial charge on any atom is 0.247 e. The molecule has 1 rings (SSSR count). The van der Waals surface area contributed by atoms with Crippen molar-refractivity contribution in [3.8, 4) is 5.75 Å². The molecule has 0 fully saturated rings. The molecule has 0 aliphatic rings. The molecule has 0 spiro atoms. The topological polar surface area (TPSA) is 75.7 Å². The summed E-state index contributed by atoms with van der Waals surface area (Å²) in [7, 11) is -1.08. The van der Waals surface area contributed by atoms with Crippen LogP contribution in [0.15, 0.2) is 27.6 Å². The molecule has 0 saturated heterocycles. The first-order valence-corrected chi connectivity index (χ1v) is 8.81. The number of hydrogen-bond donors (Lipinski definition) is 1. The molecular formula is C14H21BrN2O4S. The molecule has 0 aliphatic heterocycles. The van der Waals surface area contributed by atoms with E-state index < -0.39 is 15.6 Å². The lowest BCUT2D eigenvalue weighted by atomic mass is 10.1. The van der Waals surface area contributed by atoms with Crippen molar-refractivity contribution < 1.29 is 17.9 Å². The molecule has 1 aromatic rings. The third-order valence-corrected chi connectivity index (χ3v) is 5.01. The van der Waals surface area contributed by atoms with Crippen LogP contribution < -0.4 is 10.1 Å². The monoisotopic (exact) mass is 392 g/mol. The van der Waals surface area contributed by atoms with Crippen LogP contribution in [0.1, 0.15) is 20.8 Å². The molecule has 1 N–H and O–H groups in total. The van der Waals surface area contributed by atoms with Crippen LogP contribution in [-0.2, 0) is 14.8 Å². The number of methoxy groups -OCH3 is 1. The number of nitrogens with zero attached hydrogens (tertiary/aromatic N) is 1. The molecule has 0 heterocycles. The highest BCUT2D eigenvalue weighted by Gasteiger charge is 2.27. The summed E-state index contributed by atoms with van der Waals surface area (Å²) in [6.07, 6.45) is 0. The summed E-state index contributed by atoms with van der Waals surface area (Å²) < 4.78 is 31.9. The highest BCUT2D eigenvalue weighted by atomic mass is 79.9. The number of rotatable bonds is 5. The molecule has 0 saturated carbocycles. The first kappa shape index (κ1) is 18.9. The predicted octanol–water partition coefficient (Wildman–Crippen LogP) is 1.99. The molecule has 0 radical (unpaired) electrons. The van der Waals surface area contributed by atoms with E-state index in [4.69, 9.17) is 4.74 Å². The molecule has 124 valence electrons. The Morgan fingerprint density at radius 3 is 2.45 bits per heavy atom. The standard InChI is InChI=1S/C14H21BrN2O4S/c1-14(2,3)16-13(18)9-17(4)22(19,20)12-8-10(15)6-7-11(12)21-5/h6-8H,9H2,1-5H3,(H,16,18). The zero-order valence-corrected chi connectivity index (χ0v) is 15.7. The number of nitrogens with one attached hydrogen (secondary N) is 1.